The molecule has 0 amide bonds. The quantitative estimate of drug-likeness (QED) is 0.240. The van der Waals surface area contributed by atoms with Crippen molar-refractivity contribution in [3.8, 4) is 11.5 Å². The minimum absolute atomic E-state index is 0.00262. The zero-order chi connectivity index (χ0) is 20.0. The number of ether oxygens (including phenoxy) is 2. The Morgan fingerprint density at radius 3 is 2.85 bits per heavy atom. The van der Waals surface area contributed by atoms with Gasteiger partial charge in [-0.1, -0.05) is 13.3 Å². The summed E-state index contributed by atoms with van der Waals surface area (Å²) in [4.78, 5) is 22.9. The monoisotopic (exact) mass is 393 g/mol. The molecule has 2 rings (SSSR count). The summed E-state index contributed by atoms with van der Waals surface area (Å²) in [7, 11) is 1.39. The second-order valence-corrected chi connectivity index (χ2v) is 5.89. The smallest absolute Gasteiger partial charge is 0.315 e. The molecule has 10 nitrogen and oxygen atoms in total. The Hall–Kier alpha value is -3.08. The van der Waals surface area contributed by atoms with Gasteiger partial charge < -0.3 is 9.47 Å². The van der Waals surface area contributed by atoms with Crippen molar-refractivity contribution in [2.45, 2.75) is 26.7 Å². The predicted octanol–water partition coefficient (Wildman–Crippen LogP) is 2.59. The highest BCUT2D eigenvalue weighted by Crippen LogP contribution is 2.38. The van der Waals surface area contributed by atoms with Gasteiger partial charge in [0.15, 0.2) is 5.75 Å². The lowest BCUT2D eigenvalue weighted by molar-refractivity contribution is -0.386. The van der Waals surface area contributed by atoms with Crippen LogP contribution in [-0.2, 0) is 0 Å². The number of nitrogens with zero attached hydrogens (tertiary/aromatic N) is 4. The molecule has 2 aromatic rings. The van der Waals surface area contributed by atoms with E-state index in [9.17, 15) is 14.9 Å². The van der Waals surface area contributed by atoms with E-state index in [1.165, 1.54) is 32.4 Å². The number of methoxy groups -OCH3 is 1. The van der Waals surface area contributed by atoms with Crippen LogP contribution in [0.15, 0.2) is 22.0 Å². The molecule has 0 fully saturated rings. The number of hydrogen-bond acceptors (Lipinski definition) is 8. The van der Waals surface area contributed by atoms with E-state index in [1.54, 1.807) is 0 Å². The van der Waals surface area contributed by atoms with Gasteiger partial charge in [0.25, 0.3) is 5.56 Å². The fourth-order valence-electron chi connectivity index (χ4n) is 2.14. The van der Waals surface area contributed by atoms with Crippen molar-refractivity contribution in [2.75, 3.05) is 13.7 Å². The molecule has 0 atom stereocenters. The minimum atomic E-state index is -0.559. The number of aryl methyl sites for hydroxylation is 1. The molecule has 1 aromatic carbocycles. The van der Waals surface area contributed by atoms with Crippen LogP contribution >= 0.6 is 12.2 Å². The predicted molar refractivity (Wildman–Crippen MR) is 101 cm³/mol. The maximum absolute atomic E-state index is 12.1. The number of nitrogens with one attached hydrogen (secondary N) is 1. The molecule has 1 heterocycles. The molecule has 144 valence electrons. The number of aromatic amines is 1. The van der Waals surface area contributed by atoms with E-state index in [-0.39, 0.29) is 27.7 Å². The Kier molecular flexibility index (Phi) is 6.77. The lowest BCUT2D eigenvalue weighted by Crippen LogP contribution is -2.22. The zero-order valence-electron chi connectivity index (χ0n) is 15.1. The van der Waals surface area contributed by atoms with Gasteiger partial charge in [0, 0.05) is 11.6 Å². The largest absolute Gasteiger partial charge is 0.493 e. The zero-order valence-corrected chi connectivity index (χ0v) is 15.9. The molecule has 0 unspecified atom stereocenters. The van der Waals surface area contributed by atoms with Crippen LogP contribution in [0.2, 0.25) is 0 Å². The minimum Gasteiger partial charge on any atom is -0.493 e. The number of H-pyrrole nitrogens is 1. The first kappa shape index (κ1) is 20.2. The lowest BCUT2D eigenvalue weighted by Gasteiger charge is -2.11. The highest BCUT2D eigenvalue weighted by Gasteiger charge is 2.22. The van der Waals surface area contributed by atoms with E-state index in [2.05, 4.69) is 15.3 Å². The van der Waals surface area contributed by atoms with Gasteiger partial charge in [-0.15, -0.1) is 0 Å². The molecule has 0 aliphatic rings. The van der Waals surface area contributed by atoms with Gasteiger partial charge in [-0.05, 0) is 31.6 Å². The van der Waals surface area contributed by atoms with Gasteiger partial charge in [0.1, 0.15) is 5.69 Å². The molecule has 0 aliphatic heterocycles. The van der Waals surface area contributed by atoms with Crippen molar-refractivity contribution < 1.29 is 14.4 Å². The van der Waals surface area contributed by atoms with E-state index < -0.39 is 10.5 Å². The van der Waals surface area contributed by atoms with Crippen LogP contribution < -0.4 is 15.0 Å². The molecule has 0 bridgehead atoms. The van der Waals surface area contributed by atoms with Crippen LogP contribution in [0.25, 0.3) is 0 Å². The molecule has 0 aliphatic carbocycles. The van der Waals surface area contributed by atoms with Gasteiger partial charge in [0.2, 0.25) is 10.5 Å². The summed E-state index contributed by atoms with van der Waals surface area (Å²) >= 11 is 4.99. The van der Waals surface area contributed by atoms with E-state index >= 15 is 0 Å². The average Bonchev–Trinajstić information content (AvgIpc) is 2.65. The second kappa shape index (κ2) is 9.03. The van der Waals surface area contributed by atoms with Crippen molar-refractivity contribution in [1.29, 1.82) is 0 Å². The SMILES string of the molecule is CCCCOc1c(OC)cc(/C=N\n2c(=S)[nH]nc(C)c2=O)cc1[N+](=O)[O-]. The first-order valence-electron chi connectivity index (χ1n) is 8.11. The van der Waals surface area contributed by atoms with Gasteiger partial charge >= 0.3 is 5.69 Å². The first-order chi connectivity index (χ1) is 12.9. The molecular formula is C16H19N5O5S. The van der Waals surface area contributed by atoms with Gasteiger partial charge in [0.05, 0.1) is 24.9 Å². The summed E-state index contributed by atoms with van der Waals surface area (Å²) in [5, 5.41) is 21.7. The maximum atomic E-state index is 12.1. The van der Waals surface area contributed by atoms with Gasteiger partial charge in [-0.3, -0.25) is 20.0 Å². The number of nitro groups is 1. The molecule has 1 N–H and O–H groups in total. The fraction of sp³-hybridized carbons (Fsp3) is 0.375. The number of rotatable bonds is 8. The topological polar surface area (TPSA) is 125 Å². The Morgan fingerprint density at radius 2 is 2.22 bits per heavy atom. The van der Waals surface area contributed by atoms with E-state index in [0.29, 0.717) is 12.2 Å². The summed E-state index contributed by atoms with van der Waals surface area (Å²) in [5.74, 6) is 0.257. The van der Waals surface area contributed by atoms with Gasteiger partial charge in [-0.2, -0.15) is 14.9 Å². The molecule has 1 aromatic heterocycles. The standard InChI is InChI=1S/C16H19N5O5S/c1-4-5-6-26-14-12(21(23)24)7-11(8-13(14)25-3)9-17-20-15(22)10(2)18-19-16(20)27/h7-9H,4-6H2,1-3H3,(H,19,27)/b17-9-. The Morgan fingerprint density at radius 1 is 1.48 bits per heavy atom. The van der Waals surface area contributed by atoms with Crippen LogP contribution in [0.1, 0.15) is 31.0 Å². The highest BCUT2D eigenvalue weighted by molar-refractivity contribution is 7.71. The van der Waals surface area contributed by atoms with Crippen LogP contribution in [0, 0.1) is 21.8 Å². The fourth-order valence-corrected chi connectivity index (χ4v) is 2.31. The lowest BCUT2D eigenvalue weighted by atomic mass is 10.2. The molecule has 0 saturated heterocycles. The van der Waals surface area contributed by atoms with Crippen molar-refractivity contribution >= 4 is 24.1 Å². The Balaban J connectivity index is 2.48. The molecule has 0 saturated carbocycles. The number of aromatic nitrogens is 3. The molecular weight excluding hydrogens is 374 g/mol. The van der Waals surface area contributed by atoms with Crippen LogP contribution in [-0.4, -0.2) is 39.7 Å². The normalized spacial score (nSPS) is 10.9. The third-order valence-corrected chi connectivity index (χ3v) is 3.82. The van der Waals surface area contributed by atoms with Crippen molar-refractivity contribution in [3.05, 3.63) is 48.6 Å². The van der Waals surface area contributed by atoms with Crippen LogP contribution in [0.3, 0.4) is 0 Å². The summed E-state index contributed by atoms with van der Waals surface area (Å²) < 4.78 is 11.7. The van der Waals surface area contributed by atoms with Crippen LogP contribution in [0.5, 0.6) is 11.5 Å². The Bertz CT molecular complexity index is 982. The first-order valence-corrected chi connectivity index (χ1v) is 8.51. The summed E-state index contributed by atoms with van der Waals surface area (Å²) in [5.41, 5.74) is -0.215. The van der Waals surface area contributed by atoms with Crippen molar-refractivity contribution in [3.63, 3.8) is 0 Å². The molecule has 27 heavy (non-hydrogen) atoms. The van der Waals surface area contributed by atoms with E-state index in [1.807, 2.05) is 6.92 Å². The van der Waals surface area contributed by atoms with E-state index in [4.69, 9.17) is 21.7 Å². The Labute approximate surface area is 159 Å². The van der Waals surface area contributed by atoms with E-state index in [0.717, 1.165) is 17.5 Å². The number of benzene rings is 1. The number of unbranched alkanes of at least 4 members (excludes halogenated alkanes) is 1. The van der Waals surface area contributed by atoms with Crippen molar-refractivity contribution in [2.24, 2.45) is 5.10 Å². The maximum Gasteiger partial charge on any atom is 0.315 e. The molecule has 11 heteroatoms. The average molecular weight is 393 g/mol. The van der Waals surface area contributed by atoms with Crippen LogP contribution in [0.4, 0.5) is 5.69 Å². The number of nitro benzene ring substituents is 1. The van der Waals surface area contributed by atoms with Gasteiger partial charge in [-0.25, -0.2) is 0 Å². The summed E-state index contributed by atoms with van der Waals surface area (Å²) in [6.07, 6.45) is 2.92. The summed E-state index contributed by atoms with van der Waals surface area (Å²) in [6.45, 7) is 3.83. The third-order valence-electron chi connectivity index (χ3n) is 3.55. The molecule has 0 radical (unpaired) electrons. The van der Waals surface area contributed by atoms with Crippen molar-refractivity contribution in [1.82, 2.24) is 14.9 Å². The highest BCUT2D eigenvalue weighted by atomic mass is 32.1. The number of hydrogen-bond donors (Lipinski definition) is 1. The second-order valence-electron chi connectivity index (χ2n) is 5.51. The third kappa shape index (κ3) is 4.76. The molecule has 0 spiro atoms. The summed E-state index contributed by atoms with van der Waals surface area (Å²) in [6, 6.07) is 2.82.